The Morgan fingerprint density at radius 3 is 2.35 bits per heavy atom. The highest BCUT2D eigenvalue weighted by atomic mass is 32.2. The first-order valence-corrected chi connectivity index (χ1v) is 13.4. The molecule has 1 aliphatic rings. The number of sulfonamides is 1. The number of nitro benzene ring substituents is 1. The van der Waals surface area contributed by atoms with Crippen molar-refractivity contribution in [3.8, 4) is 17.3 Å². The Bertz CT molecular complexity index is 1440. The summed E-state index contributed by atoms with van der Waals surface area (Å²) in [5.74, 6) is -0.222. The molecule has 0 unspecified atom stereocenters. The van der Waals surface area contributed by atoms with Crippen molar-refractivity contribution in [1.82, 2.24) is 19.4 Å². The molecule has 0 atom stereocenters. The standard InChI is InChI=1S/C25H29N5O6S/c1-16(2)27-37(34,35)22-15-20(30(32)33)11-12-21(22)36-25-18(4)23(24(31)28-13-5-6-14-28)26-29(25)19-9-7-17(3)8-10-19/h7-12,15-16,27H,5-6,13-14H2,1-4H3. The van der Waals surface area contributed by atoms with Gasteiger partial charge in [0, 0.05) is 36.8 Å². The Hall–Kier alpha value is -3.77. The minimum atomic E-state index is -4.17. The number of non-ortho nitro benzene ring substituents is 1. The van der Waals surface area contributed by atoms with Crippen molar-refractivity contribution in [2.45, 2.75) is 51.5 Å². The van der Waals surface area contributed by atoms with Crippen molar-refractivity contribution in [2.24, 2.45) is 0 Å². The number of nitro groups is 1. The van der Waals surface area contributed by atoms with Gasteiger partial charge in [0.2, 0.25) is 15.9 Å². The number of aryl methyl sites for hydroxylation is 1. The van der Waals surface area contributed by atoms with Crippen molar-refractivity contribution in [2.75, 3.05) is 13.1 Å². The van der Waals surface area contributed by atoms with Gasteiger partial charge in [0.15, 0.2) is 5.69 Å². The second kappa shape index (κ2) is 10.3. The fraction of sp³-hybridized carbons (Fsp3) is 0.360. The number of carbonyl (C=O) groups excluding carboxylic acids is 1. The van der Waals surface area contributed by atoms with Gasteiger partial charge < -0.3 is 9.64 Å². The van der Waals surface area contributed by atoms with Crippen LogP contribution in [0.1, 0.15) is 48.3 Å². The van der Waals surface area contributed by atoms with Crippen molar-refractivity contribution < 1.29 is 22.9 Å². The number of aromatic nitrogens is 2. The molecule has 11 nitrogen and oxygen atoms in total. The molecule has 0 spiro atoms. The number of carbonyl (C=O) groups is 1. The van der Waals surface area contributed by atoms with Crippen LogP contribution in [0, 0.1) is 24.0 Å². The van der Waals surface area contributed by atoms with Gasteiger partial charge in [0.1, 0.15) is 10.6 Å². The Balaban J connectivity index is 1.87. The molecule has 0 radical (unpaired) electrons. The average molecular weight is 528 g/mol. The quantitative estimate of drug-likeness (QED) is 0.344. The molecule has 2 heterocycles. The van der Waals surface area contributed by atoms with E-state index in [1.165, 1.54) is 16.8 Å². The number of rotatable bonds is 8. The zero-order chi connectivity index (χ0) is 26.9. The maximum atomic E-state index is 13.3. The van der Waals surface area contributed by atoms with Crippen LogP contribution < -0.4 is 9.46 Å². The van der Waals surface area contributed by atoms with Gasteiger partial charge in [-0.3, -0.25) is 14.9 Å². The third kappa shape index (κ3) is 5.49. The topological polar surface area (TPSA) is 137 Å². The van der Waals surface area contributed by atoms with Crippen LogP contribution in [0.2, 0.25) is 0 Å². The molecule has 4 rings (SSSR count). The van der Waals surface area contributed by atoms with E-state index >= 15 is 0 Å². The molecule has 0 aliphatic carbocycles. The van der Waals surface area contributed by atoms with E-state index in [0.717, 1.165) is 24.5 Å². The van der Waals surface area contributed by atoms with Crippen LogP contribution in [0.5, 0.6) is 11.6 Å². The summed E-state index contributed by atoms with van der Waals surface area (Å²) in [6, 6.07) is 10.3. The fourth-order valence-corrected chi connectivity index (χ4v) is 5.52. The monoisotopic (exact) mass is 527 g/mol. The summed E-state index contributed by atoms with van der Waals surface area (Å²) < 4.78 is 36.2. The predicted octanol–water partition coefficient (Wildman–Crippen LogP) is 4.11. The molecule has 1 fully saturated rings. The predicted molar refractivity (Wildman–Crippen MR) is 137 cm³/mol. The minimum Gasteiger partial charge on any atom is -0.437 e. The molecule has 0 saturated carbocycles. The lowest BCUT2D eigenvalue weighted by molar-refractivity contribution is -0.385. The van der Waals surface area contributed by atoms with Crippen LogP contribution in [-0.2, 0) is 10.0 Å². The maximum absolute atomic E-state index is 13.3. The van der Waals surface area contributed by atoms with Gasteiger partial charge in [-0.2, -0.15) is 9.78 Å². The van der Waals surface area contributed by atoms with Gasteiger partial charge >= 0.3 is 0 Å². The van der Waals surface area contributed by atoms with Gasteiger partial charge in [-0.25, -0.2) is 13.1 Å². The van der Waals surface area contributed by atoms with Crippen molar-refractivity contribution in [1.29, 1.82) is 0 Å². The van der Waals surface area contributed by atoms with Crippen molar-refractivity contribution in [3.63, 3.8) is 0 Å². The molecule has 12 heteroatoms. The number of ether oxygens (including phenoxy) is 1. The molecule has 196 valence electrons. The molecule has 1 aromatic heterocycles. The number of benzene rings is 2. The number of likely N-dealkylation sites (tertiary alicyclic amines) is 1. The summed E-state index contributed by atoms with van der Waals surface area (Å²) >= 11 is 0. The van der Waals surface area contributed by atoms with E-state index in [1.807, 2.05) is 31.2 Å². The van der Waals surface area contributed by atoms with E-state index in [-0.39, 0.29) is 28.1 Å². The molecular weight excluding hydrogens is 498 g/mol. The summed E-state index contributed by atoms with van der Waals surface area (Å²) in [5, 5.41) is 16.0. The van der Waals surface area contributed by atoms with E-state index in [2.05, 4.69) is 9.82 Å². The van der Waals surface area contributed by atoms with E-state index < -0.39 is 26.7 Å². The molecule has 3 aromatic rings. The van der Waals surface area contributed by atoms with Crippen LogP contribution >= 0.6 is 0 Å². The minimum absolute atomic E-state index is 0.129. The number of hydrogen-bond donors (Lipinski definition) is 1. The van der Waals surface area contributed by atoms with Crippen LogP contribution in [0.15, 0.2) is 47.4 Å². The Labute approximate surface area is 215 Å². The molecule has 1 aliphatic heterocycles. The Morgan fingerprint density at radius 1 is 1.11 bits per heavy atom. The van der Waals surface area contributed by atoms with E-state index in [1.54, 1.807) is 25.7 Å². The fourth-order valence-electron chi connectivity index (χ4n) is 4.12. The average Bonchev–Trinajstić information content (AvgIpc) is 3.48. The molecule has 1 amide bonds. The first-order chi connectivity index (χ1) is 17.5. The lowest BCUT2D eigenvalue weighted by atomic mass is 10.2. The van der Waals surface area contributed by atoms with E-state index in [0.29, 0.717) is 24.3 Å². The largest absolute Gasteiger partial charge is 0.437 e. The smallest absolute Gasteiger partial charge is 0.274 e. The van der Waals surface area contributed by atoms with Gasteiger partial charge in [-0.1, -0.05) is 17.7 Å². The van der Waals surface area contributed by atoms with Crippen LogP contribution in [-0.4, -0.2) is 53.1 Å². The third-order valence-electron chi connectivity index (χ3n) is 5.97. The third-order valence-corrected chi connectivity index (χ3v) is 7.65. The summed E-state index contributed by atoms with van der Waals surface area (Å²) in [4.78, 5) is 25.3. The van der Waals surface area contributed by atoms with Crippen molar-refractivity contribution >= 4 is 21.6 Å². The van der Waals surface area contributed by atoms with Gasteiger partial charge in [-0.15, -0.1) is 0 Å². The second-order valence-electron chi connectivity index (χ2n) is 9.29. The maximum Gasteiger partial charge on any atom is 0.274 e. The molecular formula is C25H29N5O6S. The number of amides is 1. The first kappa shape index (κ1) is 26.3. The number of nitrogens with zero attached hydrogens (tertiary/aromatic N) is 4. The second-order valence-corrected chi connectivity index (χ2v) is 11.0. The zero-order valence-corrected chi connectivity index (χ0v) is 21.9. The first-order valence-electron chi connectivity index (χ1n) is 11.9. The Kier molecular flexibility index (Phi) is 7.32. The molecule has 0 bridgehead atoms. The van der Waals surface area contributed by atoms with Gasteiger partial charge in [0.25, 0.3) is 11.6 Å². The van der Waals surface area contributed by atoms with Crippen LogP contribution in [0.3, 0.4) is 0 Å². The molecule has 2 aromatic carbocycles. The number of nitrogens with one attached hydrogen (secondary N) is 1. The Morgan fingerprint density at radius 2 is 1.76 bits per heavy atom. The summed E-state index contributed by atoms with van der Waals surface area (Å²) in [6.45, 7) is 8.18. The highest BCUT2D eigenvalue weighted by Crippen LogP contribution is 2.36. The lowest BCUT2D eigenvalue weighted by Gasteiger charge is -2.15. The highest BCUT2D eigenvalue weighted by Gasteiger charge is 2.30. The molecule has 1 saturated heterocycles. The van der Waals surface area contributed by atoms with Crippen molar-refractivity contribution in [3.05, 3.63) is 69.4 Å². The summed E-state index contributed by atoms with van der Waals surface area (Å²) in [5.41, 5.74) is 1.85. The summed E-state index contributed by atoms with van der Waals surface area (Å²) in [7, 11) is -4.17. The van der Waals surface area contributed by atoms with Gasteiger partial charge in [0.05, 0.1) is 10.6 Å². The SMILES string of the molecule is Cc1ccc(-n2nc(C(=O)N3CCCC3)c(C)c2Oc2ccc([N+](=O)[O-])cc2S(=O)(=O)NC(C)C)cc1. The number of hydrogen-bond acceptors (Lipinski definition) is 7. The molecule has 1 N–H and O–H groups in total. The summed E-state index contributed by atoms with van der Waals surface area (Å²) in [6.07, 6.45) is 1.83. The molecule has 37 heavy (non-hydrogen) atoms. The van der Waals surface area contributed by atoms with Crippen LogP contribution in [0.4, 0.5) is 5.69 Å². The van der Waals surface area contributed by atoms with Crippen LogP contribution in [0.25, 0.3) is 5.69 Å². The van der Waals surface area contributed by atoms with Gasteiger partial charge in [-0.05, 0) is 58.7 Å². The zero-order valence-electron chi connectivity index (χ0n) is 21.1. The normalized spacial score (nSPS) is 13.8. The lowest BCUT2D eigenvalue weighted by Crippen LogP contribution is -2.30. The highest BCUT2D eigenvalue weighted by molar-refractivity contribution is 7.89. The van der Waals surface area contributed by atoms with E-state index in [4.69, 9.17) is 4.74 Å². The van der Waals surface area contributed by atoms with E-state index in [9.17, 15) is 23.3 Å².